The highest BCUT2D eigenvalue weighted by molar-refractivity contribution is 5.87. The number of carboxylic acids is 1. The van der Waals surface area contributed by atoms with E-state index < -0.39 is 41.4 Å². The van der Waals surface area contributed by atoms with E-state index in [0.717, 1.165) is 0 Å². The van der Waals surface area contributed by atoms with E-state index in [1.165, 1.54) is 6.08 Å². The average Bonchev–Trinajstić information content (AvgIpc) is 2.34. The summed E-state index contributed by atoms with van der Waals surface area (Å²) in [6.07, 6.45) is 0.476. The number of benzene rings is 1. The Morgan fingerprint density at radius 3 is 2.42 bits per heavy atom. The molecule has 1 rings (SSSR count). The number of carbonyl (C=O) groups excluding carboxylic acids is 1. The molecule has 0 aromatic heterocycles. The van der Waals surface area contributed by atoms with E-state index in [4.69, 9.17) is 5.11 Å². The molecule has 0 atom stereocenters. The lowest BCUT2D eigenvalue weighted by atomic mass is 10.1. The van der Waals surface area contributed by atoms with Crippen LogP contribution in [-0.2, 0) is 11.3 Å². The molecule has 0 unspecified atom stereocenters. The van der Waals surface area contributed by atoms with Crippen LogP contribution in [0.3, 0.4) is 0 Å². The lowest BCUT2D eigenvalue weighted by Crippen LogP contribution is -2.25. The molecule has 0 heterocycles. The molecule has 0 radical (unpaired) electrons. The molecule has 0 bridgehead atoms. The lowest BCUT2D eigenvalue weighted by molar-refractivity contribution is 0.0695. The van der Waals surface area contributed by atoms with Gasteiger partial charge in [-0.15, -0.1) is 0 Å². The third kappa shape index (κ3) is 4.06. The number of carbonyl (C=O) groups is 2. The molecular weight excluding hydrogens is 260 g/mol. The fraction of sp³-hybridized carbons (Fsp3) is 0.167. The predicted octanol–water partition coefficient (Wildman–Crippen LogP) is 2.08. The molecule has 0 aliphatic heterocycles. The molecule has 0 saturated heterocycles. The zero-order chi connectivity index (χ0) is 14.4. The van der Waals surface area contributed by atoms with Gasteiger partial charge in [0.1, 0.15) is 18.2 Å². The van der Waals surface area contributed by atoms with Crippen LogP contribution in [0.25, 0.3) is 0 Å². The van der Waals surface area contributed by atoms with E-state index in [1.54, 1.807) is 0 Å². The van der Waals surface area contributed by atoms with Crippen LogP contribution in [0.15, 0.2) is 24.8 Å². The summed E-state index contributed by atoms with van der Waals surface area (Å²) < 4.78 is 31.5. The van der Waals surface area contributed by atoms with Crippen molar-refractivity contribution in [3.05, 3.63) is 47.5 Å². The van der Waals surface area contributed by atoms with Crippen molar-refractivity contribution in [2.24, 2.45) is 0 Å². The Hall–Kier alpha value is -2.44. The summed E-state index contributed by atoms with van der Waals surface area (Å²) in [5, 5.41) is 10.7. The Labute approximate surface area is 107 Å². The molecule has 0 aliphatic rings. The summed E-state index contributed by atoms with van der Waals surface area (Å²) in [4.78, 5) is 21.6. The smallest absolute Gasteiger partial charge is 0.407 e. The van der Waals surface area contributed by atoms with Crippen LogP contribution in [0, 0.1) is 11.6 Å². The van der Waals surface area contributed by atoms with Crippen LogP contribution in [0.2, 0.25) is 0 Å². The van der Waals surface area contributed by atoms with Gasteiger partial charge in [0, 0.05) is 5.56 Å². The molecule has 0 aliphatic carbocycles. The van der Waals surface area contributed by atoms with Crippen molar-refractivity contribution in [3.63, 3.8) is 0 Å². The summed E-state index contributed by atoms with van der Waals surface area (Å²) in [6.45, 7) is 2.84. The number of ether oxygens (including phenoxy) is 1. The van der Waals surface area contributed by atoms with E-state index >= 15 is 0 Å². The second-order valence-corrected chi connectivity index (χ2v) is 3.46. The lowest BCUT2D eigenvalue weighted by Gasteiger charge is -2.08. The fourth-order valence-corrected chi connectivity index (χ4v) is 1.24. The van der Waals surface area contributed by atoms with Crippen molar-refractivity contribution < 1.29 is 28.2 Å². The predicted molar refractivity (Wildman–Crippen MR) is 61.7 cm³/mol. The number of hydrogen-bond donors (Lipinski definition) is 2. The van der Waals surface area contributed by atoms with E-state index in [9.17, 15) is 18.4 Å². The molecule has 1 aromatic carbocycles. The quantitative estimate of drug-likeness (QED) is 0.804. The number of alkyl carbamates (subject to hydrolysis) is 1. The molecule has 0 spiro atoms. The maximum absolute atomic E-state index is 13.5. The van der Waals surface area contributed by atoms with Gasteiger partial charge >= 0.3 is 12.1 Å². The largest absolute Gasteiger partial charge is 0.478 e. The van der Waals surface area contributed by atoms with Crippen molar-refractivity contribution in [3.8, 4) is 0 Å². The van der Waals surface area contributed by atoms with E-state index in [-0.39, 0.29) is 6.61 Å². The first-order valence-corrected chi connectivity index (χ1v) is 5.18. The van der Waals surface area contributed by atoms with Gasteiger partial charge in [-0.1, -0.05) is 12.7 Å². The van der Waals surface area contributed by atoms with Crippen LogP contribution >= 0.6 is 0 Å². The van der Waals surface area contributed by atoms with Gasteiger partial charge < -0.3 is 15.2 Å². The highest BCUT2D eigenvalue weighted by Gasteiger charge is 2.15. The molecule has 102 valence electrons. The number of halogens is 2. The second-order valence-electron chi connectivity index (χ2n) is 3.46. The van der Waals surface area contributed by atoms with Gasteiger partial charge in [-0.25, -0.2) is 18.4 Å². The minimum atomic E-state index is -1.44. The van der Waals surface area contributed by atoms with Gasteiger partial charge in [0.2, 0.25) is 0 Å². The first kappa shape index (κ1) is 14.6. The van der Waals surface area contributed by atoms with Crippen LogP contribution in [0.1, 0.15) is 15.9 Å². The molecule has 19 heavy (non-hydrogen) atoms. The maximum atomic E-state index is 13.5. The van der Waals surface area contributed by atoms with Crippen molar-refractivity contribution in [2.45, 2.75) is 6.54 Å². The van der Waals surface area contributed by atoms with Crippen molar-refractivity contribution >= 4 is 12.1 Å². The minimum absolute atomic E-state index is 0.0330. The van der Waals surface area contributed by atoms with Gasteiger partial charge in [-0.3, -0.25) is 0 Å². The molecular formula is C12H11F2NO4. The number of aromatic carboxylic acids is 1. The number of rotatable bonds is 5. The van der Waals surface area contributed by atoms with Crippen LogP contribution in [-0.4, -0.2) is 23.8 Å². The highest BCUT2D eigenvalue weighted by Crippen LogP contribution is 2.15. The Morgan fingerprint density at radius 1 is 1.37 bits per heavy atom. The second kappa shape index (κ2) is 6.48. The summed E-state index contributed by atoms with van der Waals surface area (Å²) in [5.41, 5.74) is -0.950. The van der Waals surface area contributed by atoms with E-state index in [2.05, 4.69) is 16.6 Å². The molecule has 1 aromatic rings. The standard InChI is InChI=1S/C12H11F2NO4/c1-2-3-19-12(18)15-6-8-9(13)4-7(11(16)17)5-10(8)14/h2,4-5H,1,3,6H2,(H,15,18)(H,16,17). The van der Waals surface area contributed by atoms with Crippen molar-refractivity contribution in [2.75, 3.05) is 6.61 Å². The molecule has 0 saturated carbocycles. The molecule has 0 fully saturated rings. The zero-order valence-corrected chi connectivity index (χ0v) is 9.78. The minimum Gasteiger partial charge on any atom is -0.478 e. The molecule has 7 heteroatoms. The number of amides is 1. The Kier molecular flexibility index (Phi) is 4.99. The topological polar surface area (TPSA) is 75.6 Å². The fourth-order valence-electron chi connectivity index (χ4n) is 1.24. The van der Waals surface area contributed by atoms with E-state index in [1.807, 2.05) is 0 Å². The third-order valence-corrected chi connectivity index (χ3v) is 2.13. The van der Waals surface area contributed by atoms with Crippen LogP contribution in [0.5, 0.6) is 0 Å². The Morgan fingerprint density at radius 2 is 1.95 bits per heavy atom. The number of carboxylic acid groups (broad SMARTS) is 1. The average molecular weight is 271 g/mol. The van der Waals surface area contributed by atoms with Gasteiger partial charge in [0.25, 0.3) is 0 Å². The van der Waals surface area contributed by atoms with Gasteiger partial charge in [0.15, 0.2) is 0 Å². The van der Waals surface area contributed by atoms with Crippen molar-refractivity contribution in [1.29, 1.82) is 0 Å². The third-order valence-electron chi connectivity index (χ3n) is 2.13. The Bertz CT molecular complexity index is 493. The molecule has 1 amide bonds. The van der Waals surface area contributed by atoms with Gasteiger partial charge in [0.05, 0.1) is 12.1 Å². The van der Waals surface area contributed by atoms with Crippen LogP contribution in [0.4, 0.5) is 13.6 Å². The zero-order valence-electron chi connectivity index (χ0n) is 9.78. The number of nitrogens with one attached hydrogen (secondary N) is 1. The summed E-state index contributed by atoms with van der Waals surface area (Å²) >= 11 is 0. The monoisotopic (exact) mass is 271 g/mol. The highest BCUT2D eigenvalue weighted by atomic mass is 19.1. The normalized spacial score (nSPS) is 9.79. The molecule has 2 N–H and O–H groups in total. The Balaban J connectivity index is 2.76. The van der Waals surface area contributed by atoms with E-state index in [0.29, 0.717) is 12.1 Å². The summed E-state index contributed by atoms with van der Waals surface area (Å²) in [7, 11) is 0. The first-order chi connectivity index (χ1) is 8.95. The SMILES string of the molecule is C=CCOC(=O)NCc1c(F)cc(C(=O)O)cc1F. The van der Waals surface area contributed by atoms with Gasteiger partial charge in [-0.05, 0) is 12.1 Å². The molecule has 5 nitrogen and oxygen atoms in total. The van der Waals surface area contributed by atoms with Crippen LogP contribution < -0.4 is 5.32 Å². The van der Waals surface area contributed by atoms with Crippen molar-refractivity contribution in [1.82, 2.24) is 5.32 Å². The number of hydrogen-bond acceptors (Lipinski definition) is 3. The summed E-state index contributed by atoms with van der Waals surface area (Å²) in [6, 6.07) is 1.36. The van der Waals surface area contributed by atoms with Gasteiger partial charge in [-0.2, -0.15) is 0 Å². The first-order valence-electron chi connectivity index (χ1n) is 5.18. The maximum Gasteiger partial charge on any atom is 0.407 e. The summed E-state index contributed by atoms with van der Waals surface area (Å²) in [5.74, 6) is -3.55.